The molecule has 29 heavy (non-hydrogen) atoms. The van der Waals surface area contributed by atoms with Gasteiger partial charge in [0.15, 0.2) is 0 Å². The number of aromatic amines is 1. The summed E-state index contributed by atoms with van der Waals surface area (Å²) >= 11 is 0. The third kappa shape index (κ3) is 4.28. The van der Waals surface area contributed by atoms with Gasteiger partial charge >= 0.3 is 0 Å². The Balaban J connectivity index is 0.000000431. The molecule has 1 aromatic heterocycles. The first-order valence-corrected chi connectivity index (χ1v) is 11.2. The molecule has 2 aromatic rings. The lowest BCUT2D eigenvalue weighted by Crippen LogP contribution is -2.47. The lowest BCUT2D eigenvalue weighted by atomic mass is 9.79. The molecule has 2 atom stereocenters. The molecule has 2 heterocycles. The topological polar surface area (TPSA) is 39.3 Å². The van der Waals surface area contributed by atoms with E-state index < -0.39 is 0 Å². The molecule has 4 nitrogen and oxygen atoms in total. The fraction of sp³-hybridized carbons (Fsp3) is 0.560. The highest BCUT2D eigenvalue weighted by atomic mass is 16.2. The smallest absolute Gasteiger partial charge is 0.230 e. The summed E-state index contributed by atoms with van der Waals surface area (Å²) in [5, 5.41) is 1.34. The molecule has 0 radical (unpaired) electrons. The second-order valence-electron chi connectivity index (χ2n) is 8.74. The third-order valence-electron chi connectivity index (χ3n) is 6.48. The van der Waals surface area contributed by atoms with E-state index in [9.17, 15) is 4.79 Å². The van der Waals surface area contributed by atoms with E-state index in [0.717, 1.165) is 32.0 Å². The number of benzene rings is 1. The minimum absolute atomic E-state index is 0.0445. The van der Waals surface area contributed by atoms with Crippen molar-refractivity contribution in [2.24, 2.45) is 11.8 Å². The molecule has 1 aliphatic heterocycles. The number of rotatable bonds is 4. The third-order valence-corrected chi connectivity index (χ3v) is 6.48. The van der Waals surface area contributed by atoms with Crippen molar-refractivity contribution in [3.8, 4) is 0 Å². The minimum Gasteiger partial charge on any atom is -0.361 e. The number of hydrogen-bond donors (Lipinski definition) is 1. The summed E-state index contributed by atoms with van der Waals surface area (Å²) in [6.45, 7) is 13.1. The van der Waals surface area contributed by atoms with Crippen LogP contribution in [0, 0.1) is 11.8 Å². The van der Waals surface area contributed by atoms with Crippen LogP contribution >= 0.6 is 0 Å². The summed E-state index contributed by atoms with van der Waals surface area (Å²) in [4.78, 5) is 20.6. The molecule has 4 rings (SSSR count). The van der Waals surface area contributed by atoms with Gasteiger partial charge in [-0.05, 0) is 56.0 Å². The second-order valence-corrected chi connectivity index (χ2v) is 8.74. The van der Waals surface area contributed by atoms with E-state index >= 15 is 0 Å². The summed E-state index contributed by atoms with van der Waals surface area (Å²) in [5.41, 5.74) is 5.21. The molecule has 0 fully saturated rings. The molecule has 0 bridgehead atoms. The Hall–Kier alpha value is -2.07. The van der Waals surface area contributed by atoms with E-state index in [-0.39, 0.29) is 11.8 Å². The first kappa shape index (κ1) is 21.6. The Labute approximate surface area is 176 Å². The van der Waals surface area contributed by atoms with Crippen molar-refractivity contribution in [3.05, 3.63) is 41.6 Å². The van der Waals surface area contributed by atoms with E-state index in [1.807, 2.05) is 4.90 Å². The molecular weight excluding hydrogens is 358 g/mol. The number of amides is 1. The quantitative estimate of drug-likeness (QED) is 0.795. The normalized spacial score (nSPS) is 20.7. The SMILES string of the molecule is CCC(C)C.CCN(CC)C(=O)[C@@H]1C=C2c3cccc4[nH]cc(c34)C[C@H]2N(C)C1. The maximum absolute atomic E-state index is 12.9. The number of likely N-dealkylation sites (N-methyl/N-ethyl adjacent to an activating group) is 1. The maximum Gasteiger partial charge on any atom is 0.230 e. The van der Waals surface area contributed by atoms with Gasteiger partial charge in [-0.25, -0.2) is 0 Å². The van der Waals surface area contributed by atoms with Gasteiger partial charge in [0, 0.05) is 42.8 Å². The molecule has 0 saturated heterocycles. The lowest BCUT2D eigenvalue weighted by molar-refractivity contribution is -0.134. The lowest BCUT2D eigenvalue weighted by Gasteiger charge is -2.40. The van der Waals surface area contributed by atoms with Crippen molar-refractivity contribution in [2.45, 2.75) is 53.5 Å². The van der Waals surface area contributed by atoms with Crippen molar-refractivity contribution in [1.82, 2.24) is 14.8 Å². The van der Waals surface area contributed by atoms with Gasteiger partial charge in [-0.3, -0.25) is 9.69 Å². The van der Waals surface area contributed by atoms with Gasteiger partial charge < -0.3 is 9.88 Å². The Morgan fingerprint density at radius 2 is 1.93 bits per heavy atom. The summed E-state index contributed by atoms with van der Waals surface area (Å²) in [6.07, 6.45) is 6.72. The Morgan fingerprint density at radius 3 is 2.55 bits per heavy atom. The zero-order chi connectivity index (χ0) is 21.1. The highest BCUT2D eigenvalue weighted by Gasteiger charge is 2.36. The van der Waals surface area contributed by atoms with Crippen LogP contribution in [0.3, 0.4) is 0 Å². The van der Waals surface area contributed by atoms with Crippen LogP contribution in [0.15, 0.2) is 30.5 Å². The van der Waals surface area contributed by atoms with Crippen LogP contribution in [0.4, 0.5) is 0 Å². The monoisotopic (exact) mass is 395 g/mol. The number of aromatic nitrogens is 1. The minimum atomic E-state index is -0.0445. The second kappa shape index (κ2) is 9.17. The Kier molecular flexibility index (Phi) is 6.84. The fourth-order valence-electron chi connectivity index (χ4n) is 4.38. The summed E-state index contributed by atoms with van der Waals surface area (Å²) in [7, 11) is 2.15. The van der Waals surface area contributed by atoms with Crippen LogP contribution in [0.5, 0.6) is 0 Å². The number of carbonyl (C=O) groups excluding carboxylic acids is 1. The number of nitrogens with one attached hydrogen (secondary N) is 1. The zero-order valence-electron chi connectivity index (χ0n) is 19.0. The number of carbonyl (C=O) groups is 1. The van der Waals surface area contributed by atoms with Crippen LogP contribution in [-0.4, -0.2) is 53.4 Å². The van der Waals surface area contributed by atoms with E-state index in [1.165, 1.54) is 34.0 Å². The predicted molar refractivity (Wildman–Crippen MR) is 123 cm³/mol. The first-order valence-electron chi connectivity index (χ1n) is 11.2. The van der Waals surface area contributed by atoms with E-state index in [4.69, 9.17) is 0 Å². The molecule has 0 unspecified atom stereocenters. The molecule has 0 spiro atoms. The number of nitrogens with zero attached hydrogens (tertiary/aromatic N) is 2. The van der Waals surface area contributed by atoms with Gasteiger partial charge in [0.1, 0.15) is 0 Å². The first-order chi connectivity index (χ1) is 13.9. The fourth-order valence-corrected chi connectivity index (χ4v) is 4.38. The molecule has 1 aromatic carbocycles. The maximum atomic E-state index is 12.9. The molecule has 1 amide bonds. The highest BCUT2D eigenvalue weighted by molar-refractivity contribution is 5.99. The van der Waals surface area contributed by atoms with Crippen molar-refractivity contribution >= 4 is 22.4 Å². The van der Waals surface area contributed by atoms with Crippen LogP contribution in [-0.2, 0) is 11.2 Å². The van der Waals surface area contributed by atoms with E-state index in [0.29, 0.717) is 6.04 Å². The number of fused-ring (bicyclic) bond motifs is 2. The average Bonchev–Trinajstić information content (AvgIpc) is 3.14. The van der Waals surface area contributed by atoms with Gasteiger partial charge in [-0.2, -0.15) is 0 Å². The molecule has 0 saturated carbocycles. The van der Waals surface area contributed by atoms with Gasteiger partial charge in [0.05, 0.1) is 5.92 Å². The van der Waals surface area contributed by atoms with Gasteiger partial charge in [0.2, 0.25) is 5.91 Å². The Morgan fingerprint density at radius 1 is 1.24 bits per heavy atom. The molecule has 1 aliphatic carbocycles. The summed E-state index contributed by atoms with van der Waals surface area (Å²) in [6, 6.07) is 6.82. The van der Waals surface area contributed by atoms with Crippen LogP contribution in [0.1, 0.15) is 52.2 Å². The van der Waals surface area contributed by atoms with Crippen LogP contribution in [0.2, 0.25) is 0 Å². The number of hydrogen-bond acceptors (Lipinski definition) is 2. The zero-order valence-corrected chi connectivity index (χ0v) is 19.0. The van der Waals surface area contributed by atoms with Gasteiger partial charge in [-0.1, -0.05) is 45.4 Å². The average molecular weight is 396 g/mol. The van der Waals surface area contributed by atoms with Gasteiger partial charge in [-0.15, -0.1) is 0 Å². The largest absolute Gasteiger partial charge is 0.361 e. The van der Waals surface area contributed by atoms with Crippen molar-refractivity contribution in [3.63, 3.8) is 0 Å². The van der Waals surface area contributed by atoms with Crippen molar-refractivity contribution in [2.75, 3.05) is 26.7 Å². The molecule has 1 N–H and O–H groups in total. The number of H-pyrrole nitrogens is 1. The van der Waals surface area contributed by atoms with Crippen molar-refractivity contribution in [1.29, 1.82) is 0 Å². The summed E-state index contributed by atoms with van der Waals surface area (Å²) in [5.74, 6) is 1.09. The standard InChI is InChI=1S/C20H25N3O.C5H12/c1-4-23(5-2)20(24)14-9-16-15-7-6-8-17-19(15)13(11-21-17)10-18(16)22(3)12-14;1-4-5(2)3/h6-9,11,14,18,21H,4-5,10,12H2,1-3H3;5H,4H2,1-3H3/t14-,18-;/m1./s1. The molecule has 4 heteroatoms. The molecule has 158 valence electrons. The van der Waals surface area contributed by atoms with E-state index in [2.05, 4.69) is 82.0 Å². The highest BCUT2D eigenvalue weighted by Crippen LogP contribution is 2.40. The van der Waals surface area contributed by atoms with Crippen molar-refractivity contribution < 1.29 is 4.79 Å². The molecular formula is C25H37N3O. The predicted octanol–water partition coefficient (Wildman–Crippen LogP) is 4.96. The van der Waals surface area contributed by atoms with Crippen LogP contribution in [0.25, 0.3) is 16.5 Å². The Bertz CT molecular complexity index is 875. The molecule has 2 aliphatic rings. The van der Waals surface area contributed by atoms with Crippen LogP contribution < -0.4 is 0 Å². The van der Waals surface area contributed by atoms with E-state index in [1.54, 1.807) is 0 Å². The summed E-state index contributed by atoms with van der Waals surface area (Å²) < 4.78 is 0. The van der Waals surface area contributed by atoms with Gasteiger partial charge in [0.25, 0.3) is 0 Å².